The first kappa shape index (κ1) is 13.5. The summed E-state index contributed by atoms with van der Waals surface area (Å²) in [4.78, 5) is 4.13. The van der Waals surface area contributed by atoms with Gasteiger partial charge < -0.3 is 14.6 Å². The molecular formula is C15H17NO3. The fourth-order valence-corrected chi connectivity index (χ4v) is 1.70. The molecule has 2 rings (SSSR count). The van der Waals surface area contributed by atoms with Gasteiger partial charge in [0.2, 0.25) is 0 Å². The molecule has 0 aliphatic rings. The third-order valence-electron chi connectivity index (χ3n) is 2.63. The maximum atomic E-state index is 9.38. The van der Waals surface area contributed by atoms with Gasteiger partial charge in [-0.3, -0.25) is 4.98 Å². The van der Waals surface area contributed by atoms with Crippen LogP contribution in [0, 0.1) is 0 Å². The Labute approximate surface area is 112 Å². The van der Waals surface area contributed by atoms with E-state index in [9.17, 15) is 5.11 Å². The molecule has 0 saturated heterocycles. The van der Waals surface area contributed by atoms with Crippen molar-refractivity contribution in [2.24, 2.45) is 0 Å². The summed E-state index contributed by atoms with van der Waals surface area (Å²) in [5.74, 6) is 1.38. The quantitative estimate of drug-likeness (QED) is 0.896. The molecule has 0 aliphatic heterocycles. The molecule has 0 radical (unpaired) electrons. The van der Waals surface area contributed by atoms with Gasteiger partial charge in [0.25, 0.3) is 0 Å². The Morgan fingerprint density at radius 2 is 2.05 bits per heavy atom. The number of pyridine rings is 1. The Balaban J connectivity index is 2.10. The van der Waals surface area contributed by atoms with E-state index < -0.39 is 6.10 Å². The normalized spacial score (nSPS) is 12.2. The van der Waals surface area contributed by atoms with E-state index >= 15 is 0 Å². The third-order valence-corrected chi connectivity index (χ3v) is 2.63. The zero-order valence-electron chi connectivity index (χ0n) is 11.0. The first-order chi connectivity index (χ1) is 9.19. The van der Waals surface area contributed by atoms with Gasteiger partial charge in [0.15, 0.2) is 0 Å². The van der Waals surface area contributed by atoms with Crippen molar-refractivity contribution in [3.8, 4) is 11.5 Å². The standard InChI is InChI=1S/C15H17NO3/c1-11(17)15-7-6-14(9-16-15)19-13-5-3-4-12(8-13)10-18-2/h3-9,11,17H,10H2,1-2H3/t11-/m1/s1. The molecule has 0 fully saturated rings. The maximum absolute atomic E-state index is 9.38. The molecular weight excluding hydrogens is 242 g/mol. The molecule has 4 heteroatoms. The van der Waals surface area contributed by atoms with Gasteiger partial charge in [0.1, 0.15) is 11.5 Å². The summed E-state index contributed by atoms with van der Waals surface area (Å²) in [7, 11) is 1.66. The SMILES string of the molecule is COCc1cccc(Oc2ccc([C@@H](C)O)nc2)c1. The topological polar surface area (TPSA) is 51.6 Å². The summed E-state index contributed by atoms with van der Waals surface area (Å²) >= 11 is 0. The van der Waals surface area contributed by atoms with Crippen LogP contribution in [0.5, 0.6) is 11.5 Å². The molecule has 0 amide bonds. The van der Waals surface area contributed by atoms with Crippen LogP contribution in [0.3, 0.4) is 0 Å². The summed E-state index contributed by atoms with van der Waals surface area (Å²) in [5, 5.41) is 9.38. The lowest BCUT2D eigenvalue weighted by Gasteiger charge is -2.08. The molecule has 1 aromatic heterocycles. The van der Waals surface area contributed by atoms with Crippen LogP contribution >= 0.6 is 0 Å². The summed E-state index contributed by atoms with van der Waals surface area (Å²) in [5.41, 5.74) is 1.68. The van der Waals surface area contributed by atoms with Crippen LogP contribution in [0.4, 0.5) is 0 Å². The van der Waals surface area contributed by atoms with Gasteiger partial charge in [-0.15, -0.1) is 0 Å². The summed E-state index contributed by atoms with van der Waals surface area (Å²) in [6.07, 6.45) is 1.03. The Kier molecular flexibility index (Phi) is 4.49. The highest BCUT2D eigenvalue weighted by Crippen LogP contribution is 2.22. The second-order valence-electron chi connectivity index (χ2n) is 4.28. The molecule has 19 heavy (non-hydrogen) atoms. The number of aromatic nitrogens is 1. The number of nitrogens with zero attached hydrogens (tertiary/aromatic N) is 1. The number of ether oxygens (including phenoxy) is 2. The third kappa shape index (κ3) is 3.77. The van der Waals surface area contributed by atoms with Crippen LogP contribution in [-0.2, 0) is 11.3 Å². The highest BCUT2D eigenvalue weighted by molar-refractivity contribution is 5.33. The molecule has 0 aliphatic carbocycles. The lowest BCUT2D eigenvalue weighted by Crippen LogP contribution is -1.95. The second-order valence-corrected chi connectivity index (χ2v) is 4.28. The molecule has 0 bridgehead atoms. The van der Waals surface area contributed by atoms with Crippen LogP contribution in [0.25, 0.3) is 0 Å². The monoisotopic (exact) mass is 259 g/mol. The highest BCUT2D eigenvalue weighted by Gasteiger charge is 2.03. The van der Waals surface area contributed by atoms with Crippen molar-refractivity contribution < 1.29 is 14.6 Å². The van der Waals surface area contributed by atoms with Crippen molar-refractivity contribution in [3.05, 3.63) is 53.9 Å². The van der Waals surface area contributed by atoms with Gasteiger partial charge in [-0.2, -0.15) is 0 Å². The molecule has 100 valence electrons. The summed E-state index contributed by atoms with van der Waals surface area (Å²) in [6, 6.07) is 11.2. The summed E-state index contributed by atoms with van der Waals surface area (Å²) < 4.78 is 10.8. The lowest BCUT2D eigenvalue weighted by atomic mass is 10.2. The van der Waals surface area contributed by atoms with Gasteiger partial charge >= 0.3 is 0 Å². The molecule has 1 N–H and O–H groups in total. The minimum absolute atomic E-state index is 0.552. The average Bonchev–Trinajstić information content (AvgIpc) is 2.40. The number of hydrogen-bond donors (Lipinski definition) is 1. The zero-order chi connectivity index (χ0) is 13.7. The van der Waals surface area contributed by atoms with Crippen molar-refractivity contribution in [2.45, 2.75) is 19.6 Å². The molecule has 2 aromatic rings. The van der Waals surface area contributed by atoms with Crippen molar-refractivity contribution in [1.82, 2.24) is 4.98 Å². The first-order valence-corrected chi connectivity index (χ1v) is 6.09. The fraction of sp³-hybridized carbons (Fsp3) is 0.267. The van der Waals surface area contributed by atoms with Crippen LogP contribution in [-0.4, -0.2) is 17.2 Å². The molecule has 1 atom stereocenters. The minimum Gasteiger partial charge on any atom is -0.456 e. The first-order valence-electron chi connectivity index (χ1n) is 6.09. The number of benzene rings is 1. The maximum Gasteiger partial charge on any atom is 0.145 e. The van der Waals surface area contributed by atoms with E-state index in [1.165, 1.54) is 0 Å². The van der Waals surface area contributed by atoms with E-state index in [0.29, 0.717) is 18.1 Å². The lowest BCUT2D eigenvalue weighted by molar-refractivity contribution is 0.184. The average molecular weight is 259 g/mol. The van der Waals surface area contributed by atoms with Crippen LogP contribution < -0.4 is 4.74 Å². The van der Waals surface area contributed by atoms with Crippen molar-refractivity contribution >= 4 is 0 Å². The molecule has 0 spiro atoms. The van der Waals surface area contributed by atoms with E-state index in [-0.39, 0.29) is 0 Å². The van der Waals surface area contributed by atoms with E-state index in [1.807, 2.05) is 24.3 Å². The molecule has 4 nitrogen and oxygen atoms in total. The number of methoxy groups -OCH3 is 1. The predicted octanol–water partition coefficient (Wildman–Crippen LogP) is 3.07. The van der Waals surface area contributed by atoms with E-state index in [4.69, 9.17) is 9.47 Å². The second kappa shape index (κ2) is 6.31. The molecule has 0 saturated carbocycles. The van der Waals surface area contributed by atoms with Gasteiger partial charge in [0, 0.05) is 7.11 Å². The summed E-state index contributed by atoms with van der Waals surface area (Å²) in [6.45, 7) is 2.23. The smallest absolute Gasteiger partial charge is 0.145 e. The van der Waals surface area contributed by atoms with Gasteiger partial charge in [-0.1, -0.05) is 12.1 Å². The molecule has 1 heterocycles. The van der Waals surface area contributed by atoms with Crippen LogP contribution in [0.15, 0.2) is 42.6 Å². The van der Waals surface area contributed by atoms with E-state index in [2.05, 4.69) is 4.98 Å². The van der Waals surface area contributed by atoms with E-state index in [1.54, 1.807) is 32.4 Å². The Morgan fingerprint density at radius 3 is 2.68 bits per heavy atom. The molecule has 1 aromatic carbocycles. The van der Waals surface area contributed by atoms with Crippen molar-refractivity contribution in [1.29, 1.82) is 0 Å². The van der Waals surface area contributed by atoms with Gasteiger partial charge in [-0.05, 0) is 36.8 Å². The van der Waals surface area contributed by atoms with Crippen molar-refractivity contribution in [3.63, 3.8) is 0 Å². The predicted molar refractivity (Wildman–Crippen MR) is 72.1 cm³/mol. The Bertz CT molecular complexity index is 523. The van der Waals surface area contributed by atoms with Gasteiger partial charge in [-0.25, -0.2) is 0 Å². The minimum atomic E-state index is -0.570. The molecule has 0 unspecified atom stereocenters. The Hall–Kier alpha value is -1.91. The van der Waals surface area contributed by atoms with E-state index in [0.717, 1.165) is 11.3 Å². The Morgan fingerprint density at radius 1 is 1.21 bits per heavy atom. The number of hydrogen-bond acceptors (Lipinski definition) is 4. The van der Waals surface area contributed by atoms with Crippen LogP contribution in [0.2, 0.25) is 0 Å². The van der Waals surface area contributed by atoms with Crippen molar-refractivity contribution in [2.75, 3.05) is 7.11 Å². The number of rotatable bonds is 5. The zero-order valence-corrected chi connectivity index (χ0v) is 11.0. The fourth-order valence-electron chi connectivity index (χ4n) is 1.70. The highest BCUT2D eigenvalue weighted by atomic mass is 16.5. The van der Waals surface area contributed by atoms with Crippen LogP contribution in [0.1, 0.15) is 24.3 Å². The number of aliphatic hydroxyl groups is 1. The van der Waals surface area contributed by atoms with Gasteiger partial charge in [0.05, 0.1) is 24.6 Å². The largest absolute Gasteiger partial charge is 0.456 e. The number of aliphatic hydroxyl groups excluding tert-OH is 1.